The van der Waals surface area contributed by atoms with E-state index in [1.165, 1.54) is 17.8 Å². The van der Waals surface area contributed by atoms with E-state index in [0.717, 1.165) is 20.1 Å². The molecule has 14 heteroatoms. The zero-order chi connectivity index (χ0) is 22.5. The highest BCUT2D eigenvalue weighted by molar-refractivity contribution is 7.86. The number of ether oxygens (including phenoxy) is 3. The third kappa shape index (κ3) is 6.79. The molecule has 0 spiro atoms. The van der Waals surface area contributed by atoms with E-state index in [-0.39, 0.29) is 12.4 Å². The molecule has 0 aliphatic carbocycles. The van der Waals surface area contributed by atoms with Gasteiger partial charge in [-0.15, -0.1) is 0 Å². The van der Waals surface area contributed by atoms with E-state index < -0.39 is 52.3 Å². The van der Waals surface area contributed by atoms with Crippen LogP contribution in [0.5, 0.6) is 0 Å². The van der Waals surface area contributed by atoms with E-state index in [9.17, 15) is 22.8 Å². The van der Waals surface area contributed by atoms with Gasteiger partial charge >= 0.3 is 17.6 Å². The molecule has 1 aromatic rings. The summed E-state index contributed by atoms with van der Waals surface area (Å²) >= 11 is 5.59. The SMILES string of the molecule is CC(=O)OC[C@H]1O[C@@H](Nc2nc(=O)[nH]cc2C=CCl)[C@H](OC(C)=O)[C@H]1OS(C)(=O)=O. The molecule has 12 nitrogen and oxygen atoms in total. The van der Waals surface area contributed by atoms with Crippen molar-refractivity contribution in [2.75, 3.05) is 18.2 Å². The highest BCUT2D eigenvalue weighted by atomic mass is 35.5. The first kappa shape index (κ1) is 23.8. The fraction of sp³-hybridized carbons (Fsp3) is 0.500. The minimum Gasteiger partial charge on any atom is -0.463 e. The van der Waals surface area contributed by atoms with Crippen LogP contribution in [0.4, 0.5) is 5.82 Å². The fourth-order valence-corrected chi connectivity index (χ4v) is 3.44. The average molecular weight is 466 g/mol. The fourth-order valence-electron chi connectivity index (χ4n) is 2.67. The van der Waals surface area contributed by atoms with Gasteiger partial charge in [0.25, 0.3) is 10.1 Å². The van der Waals surface area contributed by atoms with Gasteiger partial charge in [-0.2, -0.15) is 13.4 Å². The van der Waals surface area contributed by atoms with Crippen molar-refractivity contribution in [2.24, 2.45) is 0 Å². The van der Waals surface area contributed by atoms with E-state index in [1.54, 1.807) is 0 Å². The maximum atomic E-state index is 11.7. The van der Waals surface area contributed by atoms with Crippen LogP contribution in [0, 0.1) is 0 Å². The van der Waals surface area contributed by atoms with E-state index >= 15 is 0 Å². The van der Waals surface area contributed by atoms with Crippen molar-refractivity contribution in [2.45, 2.75) is 38.4 Å². The van der Waals surface area contributed by atoms with E-state index in [1.807, 2.05) is 0 Å². The number of aromatic amines is 1. The molecule has 1 aliphatic heterocycles. The molecule has 0 unspecified atom stereocenters. The Balaban J connectivity index is 2.40. The van der Waals surface area contributed by atoms with E-state index in [4.69, 9.17) is 30.0 Å². The molecular formula is C16H20ClN3O9S. The minimum atomic E-state index is -4.01. The van der Waals surface area contributed by atoms with Crippen molar-refractivity contribution in [3.05, 3.63) is 27.8 Å². The number of halogens is 1. The van der Waals surface area contributed by atoms with Gasteiger partial charge in [-0.25, -0.2) is 4.79 Å². The lowest BCUT2D eigenvalue weighted by Gasteiger charge is -2.23. The summed E-state index contributed by atoms with van der Waals surface area (Å²) < 4.78 is 44.3. The van der Waals surface area contributed by atoms with Crippen molar-refractivity contribution in [3.63, 3.8) is 0 Å². The molecule has 1 fully saturated rings. The van der Waals surface area contributed by atoms with Gasteiger partial charge in [-0.05, 0) is 6.08 Å². The lowest BCUT2D eigenvalue weighted by atomic mass is 10.1. The van der Waals surface area contributed by atoms with Crippen LogP contribution in [0.15, 0.2) is 16.5 Å². The smallest absolute Gasteiger partial charge is 0.346 e. The normalized spacial score (nSPS) is 24.0. The van der Waals surface area contributed by atoms with Crippen LogP contribution >= 0.6 is 11.6 Å². The number of aromatic nitrogens is 2. The second-order valence-corrected chi connectivity index (χ2v) is 8.04. The summed E-state index contributed by atoms with van der Waals surface area (Å²) in [6, 6.07) is 0. The molecule has 30 heavy (non-hydrogen) atoms. The minimum absolute atomic E-state index is 0.0176. The van der Waals surface area contributed by atoms with Gasteiger partial charge in [0.1, 0.15) is 24.6 Å². The monoisotopic (exact) mass is 465 g/mol. The van der Waals surface area contributed by atoms with Gasteiger partial charge in [0.15, 0.2) is 12.3 Å². The molecular weight excluding hydrogens is 446 g/mol. The second kappa shape index (κ2) is 10.0. The summed E-state index contributed by atoms with van der Waals surface area (Å²) in [7, 11) is -4.01. The largest absolute Gasteiger partial charge is 0.463 e. The highest BCUT2D eigenvalue weighted by Gasteiger charge is 2.50. The zero-order valence-corrected chi connectivity index (χ0v) is 17.7. The molecule has 0 bridgehead atoms. The van der Waals surface area contributed by atoms with Crippen LogP contribution < -0.4 is 11.0 Å². The Kier molecular flexibility index (Phi) is 7.95. The average Bonchev–Trinajstić information content (AvgIpc) is 2.90. The van der Waals surface area contributed by atoms with Gasteiger partial charge < -0.3 is 24.5 Å². The lowest BCUT2D eigenvalue weighted by Crippen LogP contribution is -2.43. The van der Waals surface area contributed by atoms with Gasteiger partial charge in [-0.1, -0.05) is 11.6 Å². The summed E-state index contributed by atoms with van der Waals surface area (Å²) in [5.74, 6) is -1.36. The van der Waals surface area contributed by atoms with Crippen molar-refractivity contribution >= 4 is 45.6 Å². The highest BCUT2D eigenvalue weighted by Crippen LogP contribution is 2.30. The second-order valence-electron chi connectivity index (χ2n) is 6.18. The number of carbonyl (C=O) groups is 2. The van der Waals surface area contributed by atoms with E-state index in [2.05, 4.69) is 15.3 Å². The van der Waals surface area contributed by atoms with Crippen molar-refractivity contribution in [3.8, 4) is 0 Å². The molecule has 2 heterocycles. The Bertz CT molecular complexity index is 978. The zero-order valence-electron chi connectivity index (χ0n) is 16.2. The third-order valence-corrected chi connectivity index (χ3v) is 4.41. The molecule has 0 radical (unpaired) electrons. The maximum absolute atomic E-state index is 11.7. The number of nitrogens with zero attached hydrogens (tertiary/aromatic N) is 1. The van der Waals surface area contributed by atoms with Crippen LogP contribution in [0.2, 0.25) is 0 Å². The van der Waals surface area contributed by atoms with Crippen LogP contribution in [-0.2, 0) is 38.1 Å². The molecule has 166 valence electrons. The topological polar surface area (TPSA) is 163 Å². The Morgan fingerprint density at radius 1 is 1.33 bits per heavy atom. The third-order valence-electron chi connectivity index (χ3n) is 3.71. The Morgan fingerprint density at radius 3 is 2.60 bits per heavy atom. The molecule has 1 aromatic heterocycles. The summed E-state index contributed by atoms with van der Waals surface area (Å²) in [4.78, 5) is 40.5. The summed E-state index contributed by atoms with van der Waals surface area (Å²) in [5, 5.41) is 2.77. The molecule has 2 N–H and O–H groups in total. The number of esters is 2. The summed E-state index contributed by atoms with van der Waals surface area (Å²) in [6.45, 7) is 1.90. The van der Waals surface area contributed by atoms with Crippen LogP contribution in [0.1, 0.15) is 19.4 Å². The van der Waals surface area contributed by atoms with Gasteiger partial charge in [0.2, 0.25) is 0 Å². The van der Waals surface area contributed by atoms with Crippen LogP contribution in [-0.4, -0.2) is 67.7 Å². The molecule has 2 rings (SSSR count). The summed E-state index contributed by atoms with van der Waals surface area (Å²) in [5.41, 5.74) is 0.851. The molecule has 1 saturated heterocycles. The Labute approximate surface area is 176 Å². The number of carbonyl (C=O) groups excluding carboxylic acids is 2. The van der Waals surface area contributed by atoms with Gasteiger partial charge in [0.05, 0.1) is 6.26 Å². The predicted molar refractivity (Wildman–Crippen MR) is 104 cm³/mol. The molecule has 1 aliphatic rings. The molecule has 0 aromatic carbocycles. The van der Waals surface area contributed by atoms with Crippen molar-refractivity contribution < 1.29 is 36.4 Å². The first-order chi connectivity index (χ1) is 14.0. The van der Waals surface area contributed by atoms with Crippen LogP contribution in [0.25, 0.3) is 6.08 Å². The molecule has 4 atom stereocenters. The van der Waals surface area contributed by atoms with Gasteiger partial charge in [-0.3, -0.25) is 13.8 Å². The first-order valence-electron chi connectivity index (χ1n) is 8.47. The van der Waals surface area contributed by atoms with Gasteiger partial charge in [0, 0.05) is 31.1 Å². The maximum Gasteiger partial charge on any atom is 0.346 e. The number of anilines is 1. The van der Waals surface area contributed by atoms with Crippen molar-refractivity contribution in [1.29, 1.82) is 0 Å². The number of hydrogen-bond acceptors (Lipinski definition) is 11. The van der Waals surface area contributed by atoms with Crippen LogP contribution in [0.3, 0.4) is 0 Å². The molecule has 0 saturated carbocycles. The van der Waals surface area contributed by atoms with E-state index in [0.29, 0.717) is 5.56 Å². The predicted octanol–water partition coefficient (Wildman–Crippen LogP) is -0.0442. The quantitative estimate of drug-likeness (QED) is 0.391. The standard InChI is InChI=1S/C16H20ClN3O9S/c1-8(21)26-7-11-12(29-30(3,24)25)13(27-9(2)22)15(28-11)19-14-10(4-5-17)6-18-16(23)20-14/h4-6,11-13,15H,7H2,1-3H3,(H2,18,19,20,23)/t11-,12+,13-,15-/m1/s1. The lowest BCUT2D eigenvalue weighted by molar-refractivity contribution is -0.151. The number of rotatable bonds is 8. The Morgan fingerprint density at radius 2 is 2.03 bits per heavy atom. The summed E-state index contributed by atoms with van der Waals surface area (Å²) in [6.07, 6.45) is -1.38. The number of hydrogen-bond donors (Lipinski definition) is 2. The number of H-pyrrole nitrogens is 1. The first-order valence-corrected chi connectivity index (χ1v) is 10.7. The Hall–Kier alpha value is -2.48. The van der Waals surface area contributed by atoms with Crippen molar-refractivity contribution in [1.82, 2.24) is 9.97 Å². The number of nitrogens with one attached hydrogen (secondary N) is 2. The molecule has 0 amide bonds.